The average molecular weight is 205 g/mol. The van der Waals surface area contributed by atoms with Crippen LogP contribution in [0.3, 0.4) is 0 Å². The Morgan fingerprint density at radius 3 is 2.53 bits per heavy atom. The van der Waals surface area contributed by atoms with Crippen molar-refractivity contribution in [1.82, 2.24) is 5.32 Å². The van der Waals surface area contributed by atoms with Gasteiger partial charge in [0.25, 0.3) is 0 Å². The molecule has 0 saturated carbocycles. The van der Waals surface area contributed by atoms with Gasteiger partial charge >= 0.3 is 0 Å². The number of benzene rings is 1. The van der Waals surface area contributed by atoms with Gasteiger partial charge in [-0.05, 0) is 42.5 Å². The predicted molar refractivity (Wildman–Crippen MR) is 67.1 cm³/mol. The van der Waals surface area contributed by atoms with E-state index < -0.39 is 0 Å². The minimum absolute atomic E-state index is 0.739. The van der Waals surface area contributed by atoms with E-state index in [-0.39, 0.29) is 0 Å². The van der Waals surface area contributed by atoms with Gasteiger partial charge in [0, 0.05) is 6.54 Å². The lowest BCUT2D eigenvalue weighted by molar-refractivity contribution is 0.644. The molecule has 0 aliphatic carbocycles. The van der Waals surface area contributed by atoms with E-state index in [9.17, 15) is 0 Å². The minimum Gasteiger partial charge on any atom is -0.313 e. The van der Waals surface area contributed by atoms with Crippen LogP contribution in [0.25, 0.3) is 0 Å². The van der Waals surface area contributed by atoms with Crippen molar-refractivity contribution in [3.8, 4) is 0 Å². The molecule has 0 aliphatic rings. The van der Waals surface area contributed by atoms with Crippen LogP contribution in [0.1, 0.15) is 37.5 Å². The Labute approximate surface area is 93.9 Å². The lowest BCUT2D eigenvalue weighted by Gasteiger charge is -2.10. The first-order valence-electron chi connectivity index (χ1n) is 5.92. The highest BCUT2D eigenvalue weighted by Crippen LogP contribution is 2.15. The summed E-state index contributed by atoms with van der Waals surface area (Å²) in [5.41, 5.74) is 4.31. The van der Waals surface area contributed by atoms with Crippen LogP contribution in [0.2, 0.25) is 0 Å². The monoisotopic (exact) mass is 205 g/mol. The summed E-state index contributed by atoms with van der Waals surface area (Å²) in [6.07, 6.45) is 1.19. The van der Waals surface area contributed by atoms with Gasteiger partial charge in [-0.3, -0.25) is 0 Å². The zero-order valence-corrected chi connectivity index (χ0v) is 10.4. The number of hydrogen-bond acceptors (Lipinski definition) is 1. The van der Waals surface area contributed by atoms with Crippen LogP contribution in [0.4, 0.5) is 0 Å². The zero-order chi connectivity index (χ0) is 11.3. The van der Waals surface area contributed by atoms with Gasteiger partial charge in [-0.25, -0.2) is 0 Å². The van der Waals surface area contributed by atoms with Gasteiger partial charge in [0.15, 0.2) is 0 Å². The molecule has 0 heterocycles. The number of hydrogen-bond donors (Lipinski definition) is 1. The molecular weight excluding hydrogens is 182 g/mol. The van der Waals surface area contributed by atoms with Crippen molar-refractivity contribution in [3.05, 3.63) is 34.9 Å². The van der Waals surface area contributed by atoms with E-state index in [0.717, 1.165) is 19.0 Å². The third-order valence-corrected chi connectivity index (χ3v) is 2.61. The topological polar surface area (TPSA) is 12.0 Å². The molecule has 0 saturated heterocycles. The fourth-order valence-corrected chi connectivity index (χ4v) is 1.81. The number of rotatable bonds is 5. The molecule has 0 aromatic heterocycles. The van der Waals surface area contributed by atoms with Crippen LogP contribution < -0.4 is 5.32 Å². The molecule has 0 amide bonds. The van der Waals surface area contributed by atoms with Gasteiger partial charge in [-0.15, -0.1) is 0 Å². The molecule has 0 bridgehead atoms. The van der Waals surface area contributed by atoms with E-state index in [4.69, 9.17) is 0 Å². The molecule has 0 fully saturated rings. The molecule has 0 atom stereocenters. The maximum atomic E-state index is 3.35. The molecule has 0 unspecified atom stereocenters. The number of aryl methyl sites for hydroxylation is 1. The summed E-state index contributed by atoms with van der Waals surface area (Å²) in [6, 6.07) is 6.83. The molecule has 1 N–H and O–H groups in total. The van der Waals surface area contributed by atoms with E-state index in [1.807, 2.05) is 0 Å². The third-order valence-electron chi connectivity index (χ3n) is 2.61. The van der Waals surface area contributed by atoms with Gasteiger partial charge in [-0.1, -0.05) is 39.0 Å². The fraction of sp³-hybridized carbons (Fsp3) is 0.571. The van der Waals surface area contributed by atoms with E-state index in [1.165, 1.54) is 23.1 Å². The molecule has 15 heavy (non-hydrogen) atoms. The summed E-state index contributed by atoms with van der Waals surface area (Å²) in [6.45, 7) is 10.9. The van der Waals surface area contributed by atoms with Crippen molar-refractivity contribution in [2.45, 2.75) is 40.7 Å². The molecule has 0 spiro atoms. The third kappa shape index (κ3) is 4.05. The molecule has 1 rings (SSSR count). The highest BCUT2D eigenvalue weighted by Gasteiger charge is 2.02. The standard InChI is InChI=1S/C14H23N/c1-5-15-10-13-6-7-14(8-11(2)3)12(4)9-13/h6-7,9,11,15H,5,8,10H2,1-4H3. The summed E-state index contributed by atoms with van der Waals surface area (Å²) in [5, 5.41) is 3.35. The number of nitrogens with one attached hydrogen (secondary N) is 1. The van der Waals surface area contributed by atoms with Crippen molar-refractivity contribution >= 4 is 0 Å². The molecule has 1 heteroatoms. The second-order valence-electron chi connectivity index (χ2n) is 4.64. The van der Waals surface area contributed by atoms with Crippen molar-refractivity contribution in [3.63, 3.8) is 0 Å². The van der Waals surface area contributed by atoms with E-state index in [0.29, 0.717) is 0 Å². The predicted octanol–water partition coefficient (Wildman–Crippen LogP) is 3.30. The van der Waals surface area contributed by atoms with Crippen LogP contribution in [0.15, 0.2) is 18.2 Å². The highest BCUT2D eigenvalue weighted by molar-refractivity contribution is 5.31. The van der Waals surface area contributed by atoms with E-state index in [2.05, 4.69) is 51.2 Å². The van der Waals surface area contributed by atoms with Gasteiger partial charge in [0.1, 0.15) is 0 Å². The summed E-state index contributed by atoms with van der Waals surface area (Å²) < 4.78 is 0. The lowest BCUT2D eigenvalue weighted by atomic mass is 9.97. The van der Waals surface area contributed by atoms with Crippen LogP contribution in [-0.2, 0) is 13.0 Å². The van der Waals surface area contributed by atoms with E-state index in [1.54, 1.807) is 0 Å². The molecule has 84 valence electrons. The fourth-order valence-electron chi connectivity index (χ4n) is 1.81. The summed E-state index contributed by atoms with van der Waals surface area (Å²) >= 11 is 0. The maximum Gasteiger partial charge on any atom is 0.0205 e. The van der Waals surface area contributed by atoms with Gasteiger partial charge in [0.2, 0.25) is 0 Å². The summed E-state index contributed by atoms with van der Waals surface area (Å²) in [7, 11) is 0. The molecule has 0 aliphatic heterocycles. The van der Waals surface area contributed by atoms with Crippen molar-refractivity contribution in [2.24, 2.45) is 5.92 Å². The Morgan fingerprint density at radius 2 is 2.00 bits per heavy atom. The Bertz CT molecular complexity index is 302. The summed E-state index contributed by atoms with van der Waals surface area (Å²) in [5.74, 6) is 0.739. The lowest BCUT2D eigenvalue weighted by Crippen LogP contribution is -2.12. The van der Waals surface area contributed by atoms with Crippen molar-refractivity contribution < 1.29 is 0 Å². The van der Waals surface area contributed by atoms with Crippen LogP contribution in [-0.4, -0.2) is 6.54 Å². The second kappa shape index (κ2) is 5.92. The Balaban J connectivity index is 2.70. The largest absolute Gasteiger partial charge is 0.313 e. The average Bonchev–Trinajstić information content (AvgIpc) is 2.18. The highest BCUT2D eigenvalue weighted by atomic mass is 14.8. The smallest absolute Gasteiger partial charge is 0.0205 e. The molecule has 1 aromatic rings. The minimum atomic E-state index is 0.739. The quantitative estimate of drug-likeness (QED) is 0.777. The first kappa shape index (κ1) is 12.3. The molecule has 0 radical (unpaired) electrons. The second-order valence-corrected chi connectivity index (χ2v) is 4.64. The van der Waals surface area contributed by atoms with Gasteiger partial charge < -0.3 is 5.32 Å². The zero-order valence-electron chi connectivity index (χ0n) is 10.4. The Morgan fingerprint density at radius 1 is 1.27 bits per heavy atom. The summed E-state index contributed by atoms with van der Waals surface area (Å²) in [4.78, 5) is 0. The van der Waals surface area contributed by atoms with Crippen molar-refractivity contribution in [2.75, 3.05) is 6.54 Å². The first-order valence-corrected chi connectivity index (χ1v) is 5.92. The SMILES string of the molecule is CCNCc1ccc(CC(C)C)c(C)c1. The van der Waals surface area contributed by atoms with Crippen LogP contribution >= 0.6 is 0 Å². The van der Waals surface area contributed by atoms with Gasteiger partial charge in [-0.2, -0.15) is 0 Å². The van der Waals surface area contributed by atoms with Crippen molar-refractivity contribution in [1.29, 1.82) is 0 Å². The molecule has 1 aromatic carbocycles. The molecular formula is C14H23N. The normalized spacial score (nSPS) is 11.0. The van der Waals surface area contributed by atoms with Crippen LogP contribution in [0, 0.1) is 12.8 Å². The maximum absolute atomic E-state index is 3.35. The molecule has 1 nitrogen and oxygen atoms in total. The van der Waals surface area contributed by atoms with Gasteiger partial charge in [0.05, 0.1) is 0 Å². The van der Waals surface area contributed by atoms with E-state index >= 15 is 0 Å². The van der Waals surface area contributed by atoms with Crippen LogP contribution in [0.5, 0.6) is 0 Å². The Kier molecular flexibility index (Phi) is 4.83. The first-order chi connectivity index (χ1) is 7.13. The Hall–Kier alpha value is -0.820.